The molecule has 2 rings (SSSR count). The van der Waals surface area contributed by atoms with Crippen LogP contribution in [0, 0.1) is 45.3 Å². The van der Waals surface area contributed by atoms with Gasteiger partial charge in [-0.1, -0.05) is 0 Å². The molecule has 14 nitrogen and oxygen atoms in total. The van der Waals surface area contributed by atoms with Crippen molar-refractivity contribution in [3.05, 3.63) is 0 Å². The molecular weight excluding hydrogens is 576 g/mol. The molecule has 2 unspecified atom stereocenters. The Hall–Kier alpha value is -3.62. The monoisotopic (exact) mass is 624 g/mol. The predicted octanol–water partition coefficient (Wildman–Crippen LogP) is 3.24. The second kappa shape index (κ2) is 17.0. The highest BCUT2D eigenvalue weighted by molar-refractivity contribution is 5.81. The van der Waals surface area contributed by atoms with Crippen LogP contribution in [0.25, 0.3) is 0 Å². The summed E-state index contributed by atoms with van der Waals surface area (Å²) >= 11 is 0. The average molecular weight is 625 g/mol. The van der Waals surface area contributed by atoms with Crippen molar-refractivity contribution < 1.29 is 47.6 Å². The first kappa shape index (κ1) is 38.4. The number of nitrogens with one attached hydrogen (secondary N) is 2. The number of hydrogen-bond donors (Lipinski definition) is 2. The lowest BCUT2D eigenvalue weighted by Crippen LogP contribution is -2.50. The molecule has 0 aromatic rings. The van der Waals surface area contributed by atoms with Crippen molar-refractivity contribution >= 4 is 24.1 Å². The lowest BCUT2D eigenvalue weighted by molar-refractivity contribution is -0.167. The molecule has 2 atom stereocenters. The molecule has 2 fully saturated rings. The smallest absolute Gasteiger partial charge is 0.407 e. The van der Waals surface area contributed by atoms with Crippen molar-refractivity contribution in [2.24, 2.45) is 22.7 Å². The summed E-state index contributed by atoms with van der Waals surface area (Å²) in [5, 5.41) is 24.2. The number of amides is 2. The fourth-order valence-corrected chi connectivity index (χ4v) is 4.24. The maximum absolute atomic E-state index is 12.2. The molecule has 2 heterocycles. The number of nitrogens with zero attached hydrogens (tertiary/aromatic N) is 2. The Bertz CT molecular complexity index is 980. The lowest BCUT2D eigenvalue weighted by Gasteiger charge is -2.38. The van der Waals surface area contributed by atoms with Gasteiger partial charge in [-0.2, -0.15) is 10.5 Å². The number of carbonyl (C=O) groups is 4. The molecule has 2 saturated heterocycles. The molecule has 248 valence electrons. The molecule has 44 heavy (non-hydrogen) atoms. The quantitative estimate of drug-likeness (QED) is 0.238. The van der Waals surface area contributed by atoms with Gasteiger partial charge in [-0.05, 0) is 68.2 Å². The summed E-state index contributed by atoms with van der Waals surface area (Å²) in [4.78, 5) is 47.6. The molecule has 0 aromatic heterocycles. The number of carbonyl (C=O) groups excluding carboxylic acids is 4. The van der Waals surface area contributed by atoms with Crippen molar-refractivity contribution in [3.63, 3.8) is 0 Å². The molecular formula is C30H48N4O10. The fraction of sp³-hybridized carbons (Fsp3) is 0.800. The van der Waals surface area contributed by atoms with Gasteiger partial charge in [0, 0.05) is 24.9 Å². The number of esters is 2. The molecule has 0 saturated carbocycles. The van der Waals surface area contributed by atoms with Crippen molar-refractivity contribution in [2.45, 2.75) is 79.4 Å². The molecule has 2 amide bonds. The van der Waals surface area contributed by atoms with Crippen molar-refractivity contribution in [3.8, 4) is 12.1 Å². The van der Waals surface area contributed by atoms with Crippen LogP contribution in [0.5, 0.6) is 0 Å². The van der Waals surface area contributed by atoms with Gasteiger partial charge in [0.1, 0.15) is 11.2 Å². The van der Waals surface area contributed by atoms with E-state index in [1.807, 2.05) is 0 Å². The average Bonchev–Trinajstić information content (AvgIpc) is 2.83. The van der Waals surface area contributed by atoms with Crippen LogP contribution < -0.4 is 10.6 Å². The first-order valence-corrected chi connectivity index (χ1v) is 14.8. The molecule has 14 heteroatoms. The van der Waals surface area contributed by atoms with Gasteiger partial charge in [0.2, 0.25) is 0 Å². The zero-order valence-electron chi connectivity index (χ0n) is 27.2. The molecule has 2 aliphatic heterocycles. The Kier molecular flexibility index (Phi) is 14.9. The summed E-state index contributed by atoms with van der Waals surface area (Å²) in [6, 6.07) is 4.15. The van der Waals surface area contributed by atoms with Gasteiger partial charge in [0.05, 0.1) is 51.8 Å². The first-order chi connectivity index (χ1) is 20.5. The second-order valence-corrected chi connectivity index (χ2v) is 12.4. The van der Waals surface area contributed by atoms with Crippen LogP contribution in [-0.4, -0.2) is 88.1 Å². The van der Waals surface area contributed by atoms with Crippen LogP contribution in [0.1, 0.15) is 68.2 Å². The van der Waals surface area contributed by atoms with Crippen molar-refractivity contribution in [1.82, 2.24) is 10.6 Å². The number of alkyl carbamates (subject to hydrolysis) is 2. The molecule has 2 aliphatic rings. The summed E-state index contributed by atoms with van der Waals surface area (Å²) < 4.78 is 30.5. The molecule has 0 spiro atoms. The van der Waals surface area contributed by atoms with Gasteiger partial charge in [-0.3, -0.25) is 9.59 Å². The fourth-order valence-electron chi connectivity index (χ4n) is 4.24. The molecule has 0 bridgehead atoms. The Morgan fingerprint density at radius 1 is 0.682 bits per heavy atom. The van der Waals surface area contributed by atoms with E-state index in [-0.39, 0.29) is 51.0 Å². The van der Waals surface area contributed by atoms with Gasteiger partial charge >= 0.3 is 24.1 Å². The normalized spacial score (nSPS) is 17.6. The Labute approximate surface area is 260 Å². The Balaban J connectivity index is 0.000000440. The van der Waals surface area contributed by atoms with Crippen LogP contribution in [0.15, 0.2) is 0 Å². The van der Waals surface area contributed by atoms with Gasteiger partial charge < -0.3 is 39.1 Å². The Morgan fingerprint density at radius 2 is 1.00 bits per heavy atom. The number of nitriles is 2. The maximum Gasteiger partial charge on any atom is 0.407 e. The lowest BCUT2D eigenvalue weighted by atomic mass is 9.72. The topological polar surface area (TPSA) is 195 Å². The summed E-state index contributed by atoms with van der Waals surface area (Å²) in [6.45, 7) is 16.0. The third kappa shape index (κ3) is 11.5. The van der Waals surface area contributed by atoms with E-state index in [4.69, 9.17) is 28.4 Å². The van der Waals surface area contributed by atoms with E-state index < -0.39 is 46.2 Å². The molecule has 0 radical (unpaired) electrons. The molecule has 0 aromatic carbocycles. The van der Waals surface area contributed by atoms with Gasteiger partial charge in [0.25, 0.3) is 0 Å². The minimum absolute atomic E-state index is 0.151. The van der Waals surface area contributed by atoms with Crippen molar-refractivity contribution in [2.75, 3.05) is 52.7 Å². The number of ether oxygens (including phenoxy) is 6. The van der Waals surface area contributed by atoms with Crippen LogP contribution in [0.2, 0.25) is 0 Å². The molecule has 0 aliphatic carbocycles. The van der Waals surface area contributed by atoms with E-state index in [0.29, 0.717) is 26.4 Å². The van der Waals surface area contributed by atoms with Gasteiger partial charge in [-0.25, -0.2) is 9.59 Å². The summed E-state index contributed by atoms with van der Waals surface area (Å²) in [7, 11) is 0. The highest BCUT2D eigenvalue weighted by atomic mass is 16.6. The number of rotatable bonds is 12. The van der Waals surface area contributed by atoms with Crippen LogP contribution in [0.4, 0.5) is 9.59 Å². The maximum atomic E-state index is 12.2. The van der Waals surface area contributed by atoms with E-state index in [1.165, 1.54) is 0 Å². The van der Waals surface area contributed by atoms with E-state index in [0.717, 1.165) is 0 Å². The predicted molar refractivity (Wildman–Crippen MR) is 156 cm³/mol. The van der Waals surface area contributed by atoms with E-state index in [1.54, 1.807) is 55.4 Å². The zero-order valence-corrected chi connectivity index (χ0v) is 27.2. The largest absolute Gasteiger partial charge is 0.465 e. The highest BCUT2D eigenvalue weighted by Crippen LogP contribution is 2.38. The van der Waals surface area contributed by atoms with E-state index in [2.05, 4.69) is 22.8 Å². The van der Waals surface area contributed by atoms with Gasteiger partial charge in [-0.15, -0.1) is 0 Å². The first-order valence-electron chi connectivity index (χ1n) is 14.8. The SMILES string of the molecule is CCOC(=O)C(C#N)(CCNC(=O)OC(C)(C)C)C1COC1.CCOC(=O)C(C#N)(CCNC(=O)OC(C)(C)C)C1COC1. The number of hydrogen-bond acceptors (Lipinski definition) is 12. The summed E-state index contributed by atoms with van der Waals surface area (Å²) in [5.41, 5.74) is -3.77. The minimum Gasteiger partial charge on any atom is -0.465 e. The van der Waals surface area contributed by atoms with Crippen LogP contribution in [-0.2, 0) is 38.0 Å². The summed E-state index contributed by atoms with van der Waals surface area (Å²) in [6.07, 6.45) is -0.827. The summed E-state index contributed by atoms with van der Waals surface area (Å²) in [5.74, 6) is -1.54. The van der Waals surface area contributed by atoms with E-state index in [9.17, 15) is 29.7 Å². The van der Waals surface area contributed by atoms with Crippen molar-refractivity contribution in [1.29, 1.82) is 10.5 Å². The second-order valence-electron chi connectivity index (χ2n) is 12.4. The molecule has 2 N–H and O–H groups in total. The minimum atomic E-state index is -1.29. The zero-order chi connectivity index (χ0) is 33.6. The highest BCUT2D eigenvalue weighted by Gasteiger charge is 2.51. The van der Waals surface area contributed by atoms with E-state index >= 15 is 0 Å². The Morgan fingerprint density at radius 3 is 1.20 bits per heavy atom. The third-order valence-corrected chi connectivity index (χ3v) is 6.72. The standard InChI is InChI=1S/2C15H24N2O5/c2*1-5-21-12(18)15(10-16,11-8-20-9-11)6-7-17-13(19)22-14(2,3)4/h2*11H,5-9H2,1-4H3,(H,17,19). The van der Waals surface area contributed by atoms with Gasteiger partial charge in [0.15, 0.2) is 10.8 Å². The van der Waals surface area contributed by atoms with Crippen LogP contribution >= 0.6 is 0 Å². The third-order valence-electron chi connectivity index (χ3n) is 6.72. The van der Waals surface area contributed by atoms with Crippen LogP contribution in [0.3, 0.4) is 0 Å².